The number of benzene rings is 1. The summed E-state index contributed by atoms with van der Waals surface area (Å²) in [5.74, 6) is 1.99. The van der Waals surface area contributed by atoms with E-state index < -0.39 is 6.10 Å². The summed E-state index contributed by atoms with van der Waals surface area (Å²) in [5.41, 5.74) is 2.37. The SMILES string of the molecule is CCC(O)c1ccc(-c2ccc(C(C)C)cc2)o1. The maximum absolute atomic E-state index is 9.71. The zero-order valence-electron chi connectivity index (χ0n) is 11.2. The summed E-state index contributed by atoms with van der Waals surface area (Å²) in [4.78, 5) is 0. The van der Waals surface area contributed by atoms with E-state index in [0.29, 0.717) is 18.1 Å². The molecule has 0 radical (unpaired) electrons. The lowest BCUT2D eigenvalue weighted by molar-refractivity contribution is 0.147. The Bertz CT molecular complexity index is 494. The third-order valence-corrected chi connectivity index (χ3v) is 3.20. The lowest BCUT2D eigenvalue weighted by Gasteiger charge is -2.06. The molecule has 1 N–H and O–H groups in total. The number of aliphatic hydroxyl groups is 1. The minimum atomic E-state index is -0.506. The minimum absolute atomic E-state index is 0.506. The van der Waals surface area contributed by atoms with Crippen LogP contribution in [0.5, 0.6) is 0 Å². The van der Waals surface area contributed by atoms with Crippen LogP contribution in [0.4, 0.5) is 0 Å². The number of aliphatic hydroxyl groups excluding tert-OH is 1. The van der Waals surface area contributed by atoms with E-state index >= 15 is 0 Å². The van der Waals surface area contributed by atoms with Crippen molar-refractivity contribution in [2.24, 2.45) is 0 Å². The minimum Gasteiger partial charge on any atom is -0.458 e. The van der Waals surface area contributed by atoms with Crippen molar-refractivity contribution >= 4 is 0 Å². The normalized spacial score (nSPS) is 12.9. The summed E-state index contributed by atoms with van der Waals surface area (Å²) in [5, 5.41) is 9.71. The van der Waals surface area contributed by atoms with E-state index in [0.717, 1.165) is 11.3 Å². The van der Waals surface area contributed by atoms with Crippen molar-refractivity contribution in [3.8, 4) is 11.3 Å². The molecule has 96 valence electrons. The lowest BCUT2D eigenvalue weighted by Crippen LogP contribution is -1.91. The van der Waals surface area contributed by atoms with E-state index in [2.05, 4.69) is 38.1 Å². The highest BCUT2D eigenvalue weighted by Crippen LogP contribution is 2.27. The first-order valence-electron chi connectivity index (χ1n) is 6.50. The lowest BCUT2D eigenvalue weighted by atomic mass is 10.0. The van der Waals surface area contributed by atoms with Gasteiger partial charge in [0.1, 0.15) is 17.6 Å². The molecule has 0 saturated carbocycles. The van der Waals surface area contributed by atoms with Gasteiger partial charge in [0.05, 0.1) is 0 Å². The van der Waals surface area contributed by atoms with Crippen LogP contribution in [0, 0.1) is 0 Å². The maximum Gasteiger partial charge on any atom is 0.134 e. The molecule has 0 saturated heterocycles. The van der Waals surface area contributed by atoms with Crippen LogP contribution in [0.3, 0.4) is 0 Å². The van der Waals surface area contributed by atoms with Gasteiger partial charge < -0.3 is 9.52 Å². The van der Waals surface area contributed by atoms with Gasteiger partial charge >= 0.3 is 0 Å². The molecule has 0 spiro atoms. The van der Waals surface area contributed by atoms with Crippen molar-refractivity contribution in [3.05, 3.63) is 47.7 Å². The highest BCUT2D eigenvalue weighted by molar-refractivity contribution is 5.58. The first-order valence-corrected chi connectivity index (χ1v) is 6.50. The maximum atomic E-state index is 9.71. The smallest absolute Gasteiger partial charge is 0.134 e. The molecule has 18 heavy (non-hydrogen) atoms. The molecule has 1 atom stereocenters. The molecule has 2 heteroatoms. The number of hydrogen-bond donors (Lipinski definition) is 1. The summed E-state index contributed by atoms with van der Waals surface area (Å²) in [7, 11) is 0. The van der Waals surface area contributed by atoms with Crippen molar-refractivity contribution in [3.63, 3.8) is 0 Å². The van der Waals surface area contributed by atoms with Crippen molar-refractivity contribution in [2.45, 2.75) is 39.2 Å². The van der Waals surface area contributed by atoms with Crippen LogP contribution in [-0.4, -0.2) is 5.11 Å². The van der Waals surface area contributed by atoms with Crippen molar-refractivity contribution < 1.29 is 9.52 Å². The Labute approximate surface area is 108 Å². The molecular weight excluding hydrogens is 224 g/mol. The Morgan fingerprint density at radius 2 is 1.72 bits per heavy atom. The zero-order chi connectivity index (χ0) is 13.1. The van der Waals surface area contributed by atoms with Gasteiger partial charge in [-0.25, -0.2) is 0 Å². The molecule has 2 nitrogen and oxygen atoms in total. The Kier molecular flexibility index (Phi) is 3.87. The second-order valence-electron chi connectivity index (χ2n) is 4.90. The van der Waals surface area contributed by atoms with Gasteiger partial charge in [-0.15, -0.1) is 0 Å². The van der Waals surface area contributed by atoms with Gasteiger partial charge in [-0.2, -0.15) is 0 Å². The van der Waals surface area contributed by atoms with Crippen LogP contribution in [0.15, 0.2) is 40.8 Å². The predicted molar refractivity (Wildman–Crippen MR) is 73.5 cm³/mol. The third kappa shape index (κ3) is 2.65. The molecule has 0 bridgehead atoms. The summed E-state index contributed by atoms with van der Waals surface area (Å²) >= 11 is 0. The van der Waals surface area contributed by atoms with E-state index in [4.69, 9.17) is 4.42 Å². The van der Waals surface area contributed by atoms with Crippen LogP contribution in [-0.2, 0) is 0 Å². The van der Waals surface area contributed by atoms with Crippen LogP contribution < -0.4 is 0 Å². The van der Waals surface area contributed by atoms with Crippen molar-refractivity contribution in [1.29, 1.82) is 0 Å². The van der Waals surface area contributed by atoms with Gasteiger partial charge in [0.25, 0.3) is 0 Å². The van der Waals surface area contributed by atoms with E-state index in [-0.39, 0.29) is 0 Å². The van der Waals surface area contributed by atoms with Crippen LogP contribution in [0.25, 0.3) is 11.3 Å². The van der Waals surface area contributed by atoms with E-state index in [1.807, 2.05) is 19.1 Å². The highest BCUT2D eigenvalue weighted by atomic mass is 16.4. The Hall–Kier alpha value is -1.54. The zero-order valence-corrected chi connectivity index (χ0v) is 11.2. The topological polar surface area (TPSA) is 33.4 Å². The van der Waals surface area contributed by atoms with Gasteiger partial charge in [0, 0.05) is 5.56 Å². The van der Waals surface area contributed by atoms with Crippen molar-refractivity contribution in [1.82, 2.24) is 0 Å². The summed E-state index contributed by atoms with van der Waals surface area (Å²) in [6.07, 6.45) is 0.160. The summed E-state index contributed by atoms with van der Waals surface area (Å²) < 4.78 is 5.67. The molecule has 2 aromatic rings. The molecule has 1 unspecified atom stereocenters. The largest absolute Gasteiger partial charge is 0.458 e. The third-order valence-electron chi connectivity index (χ3n) is 3.20. The first kappa shape index (κ1) is 12.9. The second-order valence-corrected chi connectivity index (χ2v) is 4.90. The molecule has 0 aliphatic carbocycles. The second kappa shape index (κ2) is 5.40. The van der Waals surface area contributed by atoms with Gasteiger partial charge in [-0.05, 0) is 30.0 Å². The Morgan fingerprint density at radius 1 is 1.06 bits per heavy atom. The van der Waals surface area contributed by atoms with Crippen molar-refractivity contribution in [2.75, 3.05) is 0 Å². The molecule has 1 heterocycles. The van der Waals surface area contributed by atoms with Gasteiger partial charge in [-0.1, -0.05) is 45.0 Å². The van der Waals surface area contributed by atoms with E-state index in [9.17, 15) is 5.11 Å². The standard InChI is InChI=1S/C16H20O2/c1-4-14(17)16-10-9-15(18-16)13-7-5-12(6-8-13)11(2)3/h5-11,14,17H,4H2,1-3H3. The molecule has 1 aromatic carbocycles. The molecule has 0 fully saturated rings. The molecule has 2 rings (SSSR count). The summed E-state index contributed by atoms with van der Waals surface area (Å²) in [6, 6.07) is 12.1. The molecule has 1 aromatic heterocycles. The number of furan rings is 1. The first-order chi connectivity index (χ1) is 8.61. The molecule has 0 aliphatic rings. The molecule has 0 amide bonds. The Balaban J connectivity index is 2.23. The summed E-state index contributed by atoms with van der Waals surface area (Å²) in [6.45, 7) is 6.29. The van der Waals surface area contributed by atoms with E-state index in [1.165, 1.54) is 5.56 Å². The quantitative estimate of drug-likeness (QED) is 0.858. The highest BCUT2D eigenvalue weighted by Gasteiger charge is 2.11. The Morgan fingerprint density at radius 3 is 2.28 bits per heavy atom. The average molecular weight is 244 g/mol. The number of hydrogen-bond acceptors (Lipinski definition) is 2. The average Bonchev–Trinajstić information content (AvgIpc) is 2.87. The predicted octanol–water partition coefficient (Wildman–Crippen LogP) is 4.51. The molecule has 0 aliphatic heterocycles. The molecular formula is C16H20O2. The monoisotopic (exact) mass is 244 g/mol. The fourth-order valence-corrected chi connectivity index (χ4v) is 1.92. The fourth-order valence-electron chi connectivity index (χ4n) is 1.92. The van der Waals surface area contributed by atoms with Gasteiger partial charge in [0.15, 0.2) is 0 Å². The van der Waals surface area contributed by atoms with Gasteiger partial charge in [0.2, 0.25) is 0 Å². The van der Waals surface area contributed by atoms with Crippen LogP contribution in [0.2, 0.25) is 0 Å². The van der Waals surface area contributed by atoms with Crippen LogP contribution in [0.1, 0.15) is 50.5 Å². The van der Waals surface area contributed by atoms with Gasteiger partial charge in [-0.3, -0.25) is 0 Å². The van der Waals surface area contributed by atoms with E-state index in [1.54, 1.807) is 0 Å². The number of rotatable bonds is 4. The fraction of sp³-hybridized carbons (Fsp3) is 0.375. The van der Waals surface area contributed by atoms with Crippen LogP contribution >= 0.6 is 0 Å².